The molecule has 1 aliphatic rings. The molecule has 0 bridgehead atoms. The number of aromatic nitrogens is 6. The fraction of sp³-hybridized carbons (Fsp3) is 0.440. The Balaban J connectivity index is 1.25. The van der Waals surface area contributed by atoms with Gasteiger partial charge in [-0.2, -0.15) is 14.6 Å². The van der Waals surface area contributed by atoms with Crippen molar-refractivity contribution < 1.29 is 9.13 Å². The molecule has 1 fully saturated rings. The second kappa shape index (κ2) is 9.52. The number of ether oxygens (including phenoxy) is 1. The van der Waals surface area contributed by atoms with Crippen LogP contribution < -0.4 is 15.0 Å². The van der Waals surface area contributed by atoms with E-state index in [0.717, 1.165) is 60.2 Å². The first kappa shape index (κ1) is 23.1. The molecule has 1 saturated carbocycles. The molecule has 0 amide bonds. The van der Waals surface area contributed by atoms with Crippen molar-refractivity contribution in [1.29, 1.82) is 0 Å². The summed E-state index contributed by atoms with van der Waals surface area (Å²) in [6.45, 7) is 2.85. The van der Waals surface area contributed by atoms with Crippen LogP contribution in [-0.2, 0) is 13.6 Å². The van der Waals surface area contributed by atoms with E-state index in [1.807, 2.05) is 30.3 Å². The van der Waals surface area contributed by atoms with Gasteiger partial charge in [0.2, 0.25) is 5.82 Å². The summed E-state index contributed by atoms with van der Waals surface area (Å²) in [5, 5.41) is 13.7. The zero-order valence-electron chi connectivity index (χ0n) is 20.6. The Kier molecular flexibility index (Phi) is 6.27. The summed E-state index contributed by atoms with van der Waals surface area (Å²) in [5.41, 5.74) is 3.39. The average Bonchev–Trinajstić information content (AvgIpc) is 3.44. The van der Waals surface area contributed by atoms with Crippen molar-refractivity contribution in [1.82, 2.24) is 29.5 Å². The van der Waals surface area contributed by atoms with Crippen molar-refractivity contribution in [3.8, 4) is 17.1 Å². The van der Waals surface area contributed by atoms with Crippen LogP contribution in [0.2, 0.25) is 0 Å². The van der Waals surface area contributed by atoms with Gasteiger partial charge in [-0.3, -0.25) is 9.36 Å². The molecular weight excluding hydrogens is 447 g/mol. The minimum absolute atomic E-state index is 0.0496. The van der Waals surface area contributed by atoms with Crippen molar-refractivity contribution in [2.75, 3.05) is 24.3 Å². The topological polar surface area (TPSA) is 85.9 Å². The van der Waals surface area contributed by atoms with Crippen LogP contribution in [0.15, 0.2) is 36.9 Å². The third-order valence-electron chi connectivity index (χ3n) is 6.54. The second-order valence-corrected chi connectivity index (χ2v) is 9.23. The van der Waals surface area contributed by atoms with Crippen LogP contribution in [-0.4, -0.2) is 55.8 Å². The van der Waals surface area contributed by atoms with Crippen molar-refractivity contribution in [3.63, 3.8) is 0 Å². The lowest BCUT2D eigenvalue weighted by atomic mass is 9.93. The second-order valence-electron chi connectivity index (χ2n) is 9.23. The van der Waals surface area contributed by atoms with Gasteiger partial charge in [-0.05, 0) is 38.7 Å². The van der Waals surface area contributed by atoms with Crippen molar-refractivity contribution >= 4 is 22.4 Å². The van der Waals surface area contributed by atoms with Crippen LogP contribution in [0.4, 0.5) is 15.9 Å². The summed E-state index contributed by atoms with van der Waals surface area (Å²) >= 11 is 0. The Morgan fingerprint density at radius 3 is 2.66 bits per heavy atom. The number of nitrogens with one attached hydrogen (secondary N) is 1. The number of pyridine rings is 2. The maximum Gasteiger partial charge on any atom is 0.252 e. The molecule has 0 radical (unpaired) electrons. The van der Waals surface area contributed by atoms with Gasteiger partial charge in [0.05, 0.1) is 17.4 Å². The van der Waals surface area contributed by atoms with E-state index < -0.39 is 5.82 Å². The fourth-order valence-electron chi connectivity index (χ4n) is 4.68. The predicted molar refractivity (Wildman–Crippen MR) is 134 cm³/mol. The van der Waals surface area contributed by atoms with E-state index in [1.54, 1.807) is 35.9 Å². The van der Waals surface area contributed by atoms with Crippen LogP contribution in [0, 0.1) is 5.82 Å². The SMILES string of the molecule is CCn1nc(-c2cnn(C)c2)c2cnc(NC3CCC(Oc4nccc(N(C)C)c4F)CC3)cc21. The number of fused-ring (bicyclic) bond motifs is 1. The summed E-state index contributed by atoms with van der Waals surface area (Å²) in [6, 6.07) is 4.00. The van der Waals surface area contributed by atoms with Crippen LogP contribution in [0.3, 0.4) is 0 Å². The average molecular weight is 479 g/mol. The monoisotopic (exact) mass is 478 g/mol. The van der Waals surface area contributed by atoms with Gasteiger partial charge in [0.15, 0.2) is 0 Å². The summed E-state index contributed by atoms with van der Waals surface area (Å²) < 4.78 is 24.4. The molecule has 1 aliphatic carbocycles. The summed E-state index contributed by atoms with van der Waals surface area (Å²) in [6.07, 6.45) is 10.7. The molecule has 35 heavy (non-hydrogen) atoms. The first-order valence-corrected chi connectivity index (χ1v) is 12.0. The first-order valence-electron chi connectivity index (χ1n) is 12.0. The van der Waals surface area contributed by atoms with Crippen molar-refractivity contribution in [2.24, 2.45) is 7.05 Å². The van der Waals surface area contributed by atoms with Gasteiger partial charge >= 0.3 is 0 Å². The van der Waals surface area contributed by atoms with Crippen LogP contribution in [0.5, 0.6) is 5.88 Å². The fourth-order valence-corrected chi connectivity index (χ4v) is 4.68. The molecule has 1 N–H and O–H groups in total. The third-order valence-corrected chi connectivity index (χ3v) is 6.54. The Morgan fingerprint density at radius 1 is 1.17 bits per heavy atom. The maximum atomic E-state index is 14.7. The normalized spacial score (nSPS) is 18.1. The van der Waals surface area contributed by atoms with E-state index in [-0.39, 0.29) is 18.0 Å². The number of hydrogen-bond acceptors (Lipinski definition) is 7. The molecule has 0 spiro atoms. The van der Waals surface area contributed by atoms with Gasteiger partial charge in [-0.25, -0.2) is 9.97 Å². The zero-order valence-corrected chi connectivity index (χ0v) is 20.6. The van der Waals surface area contributed by atoms with E-state index in [4.69, 9.17) is 9.84 Å². The highest BCUT2D eigenvalue weighted by molar-refractivity contribution is 5.93. The summed E-state index contributed by atoms with van der Waals surface area (Å²) in [4.78, 5) is 10.5. The van der Waals surface area contributed by atoms with E-state index in [0.29, 0.717) is 5.69 Å². The van der Waals surface area contributed by atoms with Crippen LogP contribution in [0.25, 0.3) is 22.2 Å². The molecule has 9 nitrogen and oxygen atoms in total. The lowest BCUT2D eigenvalue weighted by Gasteiger charge is -2.29. The molecule has 5 rings (SSSR count). The van der Waals surface area contributed by atoms with Crippen LogP contribution in [0.1, 0.15) is 32.6 Å². The highest BCUT2D eigenvalue weighted by Gasteiger charge is 2.25. The molecule has 184 valence electrons. The summed E-state index contributed by atoms with van der Waals surface area (Å²) in [5.74, 6) is 0.506. The number of anilines is 2. The zero-order chi connectivity index (χ0) is 24.5. The molecule has 0 aliphatic heterocycles. The molecule has 0 saturated heterocycles. The lowest BCUT2D eigenvalue weighted by Crippen LogP contribution is -2.32. The van der Waals surface area contributed by atoms with Crippen molar-refractivity contribution in [2.45, 2.75) is 51.3 Å². The smallest absolute Gasteiger partial charge is 0.252 e. The largest absolute Gasteiger partial charge is 0.472 e. The number of rotatable bonds is 7. The number of halogens is 1. The van der Waals surface area contributed by atoms with Gasteiger partial charge in [-0.1, -0.05) is 0 Å². The predicted octanol–water partition coefficient (Wildman–Crippen LogP) is 4.25. The standard InChI is InChI=1S/C25H31FN8O/c1-5-34-21-12-22(28-14-19(21)24(31-34)16-13-29-33(4)15-16)30-17-6-8-18(9-7-17)35-25-23(26)20(32(2)3)10-11-27-25/h10-15,17-18H,5-9H2,1-4H3,(H,28,30). The minimum atomic E-state index is -0.409. The highest BCUT2D eigenvalue weighted by atomic mass is 19.1. The molecule has 0 aromatic carbocycles. The number of aryl methyl sites for hydroxylation is 2. The Bertz CT molecular complexity index is 1320. The highest BCUT2D eigenvalue weighted by Crippen LogP contribution is 2.31. The van der Waals surface area contributed by atoms with Gasteiger partial charge < -0.3 is 15.0 Å². The van der Waals surface area contributed by atoms with Gasteiger partial charge in [0.25, 0.3) is 5.88 Å². The number of nitrogens with zero attached hydrogens (tertiary/aromatic N) is 7. The Labute approximate surface area is 203 Å². The Hall–Kier alpha value is -3.69. The molecule has 4 aromatic heterocycles. The molecule has 10 heteroatoms. The first-order chi connectivity index (χ1) is 16.9. The maximum absolute atomic E-state index is 14.7. The number of hydrogen-bond donors (Lipinski definition) is 1. The molecule has 4 aromatic rings. The minimum Gasteiger partial charge on any atom is -0.472 e. The van der Waals surface area contributed by atoms with Gasteiger partial charge in [0.1, 0.15) is 17.6 Å². The van der Waals surface area contributed by atoms with E-state index in [9.17, 15) is 4.39 Å². The third kappa shape index (κ3) is 4.65. The van der Waals surface area contributed by atoms with Crippen LogP contribution >= 0.6 is 0 Å². The van der Waals surface area contributed by atoms with Crippen molar-refractivity contribution in [3.05, 3.63) is 42.7 Å². The van der Waals surface area contributed by atoms with Gasteiger partial charge in [0, 0.05) is 69.3 Å². The molecule has 4 heterocycles. The summed E-state index contributed by atoms with van der Waals surface area (Å²) in [7, 11) is 5.51. The van der Waals surface area contributed by atoms with E-state index >= 15 is 0 Å². The molecule has 0 unspecified atom stereocenters. The lowest BCUT2D eigenvalue weighted by molar-refractivity contribution is 0.137. The van der Waals surface area contributed by atoms with Gasteiger partial charge in [-0.15, -0.1) is 0 Å². The molecular formula is C25H31FN8O. The quantitative estimate of drug-likeness (QED) is 0.425. The molecule has 0 atom stereocenters. The Morgan fingerprint density at radius 2 is 1.97 bits per heavy atom. The van der Waals surface area contributed by atoms with E-state index in [1.165, 1.54) is 0 Å². The van der Waals surface area contributed by atoms with E-state index in [2.05, 4.69) is 33.4 Å².